The minimum absolute atomic E-state index is 0.106. The molecule has 8 heteroatoms. The van der Waals surface area contributed by atoms with E-state index in [9.17, 15) is 13.2 Å². The van der Waals surface area contributed by atoms with E-state index < -0.39 is 40.0 Å². The minimum Gasteiger partial charge on any atom is -0.494 e. The van der Waals surface area contributed by atoms with Crippen molar-refractivity contribution in [3.8, 4) is 5.75 Å². The first-order valence-electron chi connectivity index (χ1n) is 16.0. The third kappa shape index (κ3) is 9.39. The molecule has 1 heterocycles. The highest BCUT2D eigenvalue weighted by atomic mass is 32.2. The van der Waals surface area contributed by atoms with Crippen molar-refractivity contribution < 1.29 is 27.8 Å². The monoisotopic (exact) mass is 560 g/mol. The zero-order chi connectivity index (χ0) is 31.7. The number of hydrogen-bond acceptors (Lipinski definition) is 6. The van der Waals surface area contributed by atoms with Crippen LogP contribution in [0.4, 0.5) is 5.69 Å². The molecule has 0 bridgehead atoms. The maximum Gasteiger partial charge on any atom is 0.229 e. The van der Waals surface area contributed by atoms with Crippen LogP contribution in [-0.4, -0.2) is 51.6 Å². The summed E-state index contributed by atoms with van der Waals surface area (Å²) in [6.45, 7) is 9.35. The fourth-order valence-electron chi connectivity index (χ4n) is 4.36. The Balaban J connectivity index is 1.94. The Labute approximate surface area is 239 Å². The highest BCUT2D eigenvalue weighted by Gasteiger charge is 2.22. The number of ether oxygens (including phenoxy) is 1. The number of sulfonamides is 1. The van der Waals surface area contributed by atoms with Crippen molar-refractivity contribution in [1.29, 1.82) is 0 Å². The molecule has 0 radical (unpaired) electrons. The summed E-state index contributed by atoms with van der Waals surface area (Å²) in [7, 11) is -3.58. The molecular formula is C31H44N2O5S. The second kappa shape index (κ2) is 15.1. The van der Waals surface area contributed by atoms with Crippen LogP contribution >= 0.6 is 0 Å². The molecule has 3 rings (SSSR count). The molecule has 1 aromatic heterocycles. The van der Waals surface area contributed by atoms with Gasteiger partial charge in [-0.2, -0.15) is 0 Å². The third-order valence-corrected chi connectivity index (χ3v) is 7.01. The number of fused-ring (bicyclic) bond motifs is 1. The lowest BCUT2D eigenvalue weighted by molar-refractivity contribution is 0.103. The maximum atomic E-state index is 14.0. The first-order valence-corrected chi connectivity index (χ1v) is 15.9. The molecule has 0 aliphatic heterocycles. The van der Waals surface area contributed by atoms with Crippen LogP contribution in [-0.2, 0) is 16.4 Å². The minimum atomic E-state index is -3.58. The molecule has 0 saturated heterocycles. The Morgan fingerprint density at radius 1 is 0.974 bits per heavy atom. The van der Waals surface area contributed by atoms with Gasteiger partial charge in [0.15, 0.2) is 5.78 Å². The van der Waals surface area contributed by atoms with E-state index in [0.29, 0.717) is 36.0 Å². The second-order valence-electron chi connectivity index (χ2n) is 9.87. The summed E-state index contributed by atoms with van der Waals surface area (Å²) in [6, 6.07) is 2.76. The van der Waals surface area contributed by atoms with Crippen molar-refractivity contribution in [3.05, 3.63) is 59.3 Å². The van der Waals surface area contributed by atoms with Gasteiger partial charge in [-0.25, -0.2) is 8.42 Å². The molecule has 7 nitrogen and oxygen atoms in total. The fourth-order valence-corrected chi connectivity index (χ4v) is 4.92. The first kappa shape index (κ1) is 25.1. The lowest BCUT2D eigenvalue weighted by Gasteiger charge is -2.21. The predicted octanol–water partition coefficient (Wildman–Crippen LogP) is 7.05. The first-order chi connectivity index (χ1) is 20.4. The Bertz CT molecular complexity index is 1490. The normalized spacial score (nSPS) is 13.3. The van der Waals surface area contributed by atoms with Gasteiger partial charge in [0.2, 0.25) is 10.0 Å². The van der Waals surface area contributed by atoms with Gasteiger partial charge in [0.05, 0.1) is 23.9 Å². The van der Waals surface area contributed by atoms with Crippen LogP contribution in [0.3, 0.4) is 0 Å². The summed E-state index contributed by atoms with van der Waals surface area (Å²) in [4.78, 5) is 16.4. The SMILES string of the molecule is [2H]c1c([2H])c(C(=O)c2c(CCCC)oc3ccc(NS(C)(=O)=O)cc23)c([2H])c([2H])c1OCCCN(CCCC)CCCC. The van der Waals surface area contributed by atoms with Crippen molar-refractivity contribution in [2.24, 2.45) is 0 Å². The number of hydrogen-bond donors (Lipinski definition) is 1. The molecule has 3 aromatic rings. The molecule has 0 spiro atoms. The van der Waals surface area contributed by atoms with Gasteiger partial charge in [-0.15, -0.1) is 0 Å². The summed E-state index contributed by atoms with van der Waals surface area (Å²) in [5.41, 5.74) is 0.317. The largest absolute Gasteiger partial charge is 0.494 e. The molecule has 0 aliphatic rings. The van der Waals surface area contributed by atoms with Gasteiger partial charge in [-0.1, -0.05) is 40.0 Å². The number of nitrogens with one attached hydrogen (secondary N) is 1. The van der Waals surface area contributed by atoms with E-state index in [1.807, 2.05) is 6.92 Å². The van der Waals surface area contributed by atoms with E-state index in [2.05, 4.69) is 23.5 Å². The van der Waals surface area contributed by atoms with E-state index in [4.69, 9.17) is 14.6 Å². The van der Waals surface area contributed by atoms with Crippen molar-refractivity contribution >= 4 is 32.5 Å². The van der Waals surface area contributed by atoms with Gasteiger partial charge in [-0.3, -0.25) is 9.52 Å². The number of anilines is 1. The van der Waals surface area contributed by atoms with Gasteiger partial charge in [-0.05, 0) is 81.1 Å². The standard InChI is InChI=1S/C31H44N2O5S/c1-5-8-12-29-30(27-23-25(32-39(4,35)36)15-18-28(27)38-29)31(34)24-13-16-26(17-14-24)37-22-11-21-33(19-9-6-2)20-10-7-3/h13-18,23,32H,5-12,19-22H2,1-4H3/i13D,14D,16D,17D. The molecule has 0 amide bonds. The zero-order valence-electron chi connectivity index (χ0n) is 27.6. The number of carbonyl (C=O) groups is 1. The van der Waals surface area contributed by atoms with Gasteiger partial charge < -0.3 is 14.1 Å². The van der Waals surface area contributed by atoms with Gasteiger partial charge in [0.25, 0.3) is 0 Å². The van der Waals surface area contributed by atoms with Crippen molar-refractivity contribution in [1.82, 2.24) is 4.90 Å². The molecular weight excluding hydrogens is 512 g/mol. The number of rotatable bonds is 18. The van der Waals surface area contributed by atoms with Crippen molar-refractivity contribution in [2.75, 3.05) is 37.2 Å². The number of ketones is 1. The Kier molecular flexibility index (Phi) is 9.72. The van der Waals surface area contributed by atoms with E-state index in [-0.39, 0.29) is 29.2 Å². The molecule has 0 fully saturated rings. The quantitative estimate of drug-likeness (QED) is 0.132. The Hall–Kier alpha value is -2.84. The number of unbranched alkanes of at least 4 members (excludes halogenated alkanes) is 3. The fraction of sp³-hybridized carbons (Fsp3) is 0.516. The summed E-state index contributed by atoms with van der Waals surface area (Å²) in [6.07, 6.45) is 8.09. The number of carbonyl (C=O) groups excluding carboxylic acids is 1. The number of furan rings is 1. The van der Waals surface area contributed by atoms with Gasteiger partial charge in [0.1, 0.15) is 17.1 Å². The predicted molar refractivity (Wildman–Crippen MR) is 160 cm³/mol. The van der Waals surface area contributed by atoms with Crippen LogP contribution < -0.4 is 9.46 Å². The van der Waals surface area contributed by atoms with Crippen LogP contribution in [0.2, 0.25) is 0 Å². The molecule has 0 aliphatic carbocycles. The van der Waals surface area contributed by atoms with E-state index >= 15 is 0 Å². The number of nitrogens with zero attached hydrogens (tertiary/aromatic N) is 1. The van der Waals surface area contributed by atoms with Crippen LogP contribution in [0.1, 0.15) is 92.9 Å². The Morgan fingerprint density at radius 2 is 1.62 bits per heavy atom. The second-order valence-corrected chi connectivity index (χ2v) is 11.6. The molecule has 0 unspecified atom stereocenters. The molecule has 2 aromatic carbocycles. The average molecular weight is 561 g/mol. The van der Waals surface area contributed by atoms with Crippen LogP contribution in [0.5, 0.6) is 5.75 Å². The smallest absolute Gasteiger partial charge is 0.229 e. The molecule has 1 N–H and O–H groups in total. The Morgan fingerprint density at radius 3 is 2.23 bits per heavy atom. The van der Waals surface area contributed by atoms with Crippen molar-refractivity contribution in [3.63, 3.8) is 0 Å². The number of benzene rings is 2. The summed E-state index contributed by atoms with van der Waals surface area (Å²) in [5, 5.41) is 0.331. The molecule has 39 heavy (non-hydrogen) atoms. The summed E-state index contributed by atoms with van der Waals surface area (Å²) >= 11 is 0. The summed E-state index contributed by atoms with van der Waals surface area (Å²) in [5.74, 6) is -0.540. The van der Waals surface area contributed by atoms with Crippen LogP contribution in [0.15, 0.2) is 46.8 Å². The van der Waals surface area contributed by atoms with Gasteiger partial charge in [0, 0.05) is 29.6 Å². The third-order valence-electron chi connectivity index (χ3n) is 6.40. The molecule has 0 saturated carbocycles. The van der Waals surface area contributed by atoms with E-state index in [1.54, 1.807) is 6.07 Å². The lowest BCUT2D eigenvalue weighted by Crippen LogP contribution is -2.28. The van der Waals surface area contributed by atoms with Crippen LogP contribution in [0, 0.1) is 0 Å². The maximum absolute atomic E-state index is 14.0. The van der Waals surface area contributed by atoms with E-state index in [0.717, 1.165) is 58.0 Å². The number of aryl methyl sites for hydroxylation is 1. The van der Waals surface area contributed by atoms with E-state index in [1.165, 1.54) is 12.1 Å². The molecule has 0 atom stereocenters. The van der Waals surface area contributed by atoms with Gasteiger partial charge >= 0.3 is 0 Å². The zero-order valence-corrected chi connectivity index (χ0v) is 24.4. The van der Waals surface area contributed by atoms with Crippen LogP contribution in [0.25, 0.3) is 11.0 Å². The lowest BCUT2D eigenvalue weighted by atomic mass is 9.98. The summed E-state index contributed by atoms with van der Waals surface area (Å²) < 4.78 is 72.3. The molecule has 214 valence electrons. The highest BCUT2D eigenvalue weighted by Crippen LogP contribution is 2.32. The topological polar surface area (TPSA) is 88.8 Å². The van der Waals surface area contributed by atoms with Crippen molar-refractivity contribution in [2.45, 2.75) is 72.1 Å². The highest BCUT2D eigenvalue weighted by molar-refractivity contribution is 7.92. The average Bonchev–Trinajstić information content (AvgIpc) is 3.32.